The second-order valence-corrected chi connectivity index (χ2v) is 4.78. The summed E-state index contributed by atoms with van der Waals surface area (Å²) in [4.78, 5) is 12.4. The number of hydrogen-bond acceptors (Lipinski definition) is 4. The minimum Gasteiger partial charge on any atom is -0.382 e. The molecule has 0 radical (unpaired) electrons. The first-order valence-electron chi connectivity index (χ1n) is 6.53. The van der Waals surface area contributed by atoms with E-state index in [-0.39, 0.29) is 0 Å². The molecule has 2 rings (SSSR count). The topological polar surface area (TPSA) is 58.4 Å². The van der Waals surface area contributed by atoms with E-state index in [4.69, 9.17) is 0 Å². The zero-order chi connectivity index (χ0) is 13.8. The Balaban J connectivity index is 2.00. The lowest BCUT2D eigenvalue weighted by Gasteiger charge is -2.31. The Morgan fingerprint density at radius 1 is 1.47 bits per heavy atom. The van der Waals surface area contributed by atoms with Gasteiger partial charge in [0.15, 0.2) is 0 Å². The number of nitro groups is 1. The van der Waals surface area contributed by atoms with Gasteiger partial charge in [-0.1, -0.05) is 6.92 Å². The summed E-state index contributed by atoms with van der Waals surface area (Å²) < 4.78 is 13.2. The molecule has 6 heteroatoms. The third-order valence-electron chi connectivity index (χ3n) is 3.55. The van der Waals surface area contributed by atoms with E-state index in [1.54, 1.807) is 6.07 Å². The van der Waals surface area contributed by atoms with E-state index in [0.717, 1.165) is 38.5 Å². The molecule has 1 aliphatic rings. The van der Waals surface area contributed by atoms with Gasteiger partial charge in [-0.15, -0.1) is 0 Å². The van der Waals surface area contributed by atoms with Crippen LogP contribution in [0.4, 0.5) is 15.8 Å². The van der Waals surface area contributed by atoms with Gasteiger partial charge < -0.3 is 10.2 Å². The third-order valence-corrected chi connectivity index (χ3v) is 3.55. The van der Waals surface area contributed by atoms with Crippen LogP contribution in [0, 0.1) is 15.9 Å². The van der Waals surface area contributed by atoms with Crippen molar-refractivity contribution in [1.29, 1.82) is 0 Å². The summed E-state index contributed by atoms with van der Waals surface area (Å²) >= 11 is 0. The first-order chi connectivity index (χ1) is 9.10. The second-order valence-electron chi connectivity index (χ2n) is 4.78. The van der Waals surface area contributed by atoms with Gasteiger partial charge in [0.2, 0.25) is 5.82 Å². The van der Waals surface area contributed by atoms with E-state index < -0.39 is 16.4 Å². The Morgan fingerprint density at radius 2 is 2.16 bits per heavy atom. The van der Waals surface area contributed by atoms with E-state index in [1.807, 2.05) is 0 Å². The number of likely N-dealkylation sites (tertiary alicyclic amines) is 1. The lowest BCUT2D eigenvalue weighted by Crippen LogP contribution is -2.38. The molecule has 0 unspecified atom stereocenters. The minimum atomic E-state index is -0.795. The monoisotopic (exact) mass is 267 g/mol. The maximum absolute atomic E-state index is 13.2. The maximum Gasteiger partial charge on any atom is 0.306 e. The van der Waals surface area contributed by atoms with E-state index in [0.29, 0.717) is 11.7 Å². The molecule has 1 saturated heterocycles. The Kier molecular flexibility index (Phi) is 4.31. The molecule has 0 bridgehead atoms. The highest BCUT2D eigenvalue weighted by molar-refractivity contribution is 5.52. The molecule has 0 aliphatic carbocycles. The molecule has 19 heavy (non-hydrogen) atoms. The van der Waals surface area contributed by atoms with Crippen LogP contribution < -0.4 is 5.32 Å². The predicted molar refractivity (Wildman–Crippen MR) is 71.8 cm³/mol. The van der Waals surface area contributed by atoms with Gasteiger partial charge in [-0.2, -0.15) is 4.39 Å². The Labute approximate surface area is 111 Å². The quantitative estimate of drug-likeness (QED) is 0.673. The van der Waals surface area contributed by atoms with Crippen molar-refractivity contribution in [2.75, 3.05) is 25.0 Å². The van der Waals surface area contributed by atoms with Crippen molar-refractivity contribution in [3.8, 4) is 0 Å². The Hall–Kier alpha value is -1.69. The van der Waals surface area contributed by atoms with Gasteiger partial charge in [0.1, 0.15) is 0 Å². The first kappa shape index (κ1) is 13.7. The van der Waals surface area contributed by atoms with Crippen LogP contribution in [-0.2, 0) is 0 Å². The van der Waals surface area contributed by atoms with Gasteiger partial charge in [-0.25, -0.2) is 0 Å². The van der Waals surface area contributed by atoms with Crippen molar-refractivity contribution < 1.29 is 9.31 Å². The molecule has 0 spiro atoms. The van der Waals surface area contributed by atoms with Gasteiger partial charge in [-0.3, -0.25) is 10.1 Å². The average Bonchev–Trinajstić information content (AvgIpc) is 2.41. The molecule has 0 amide bonds. The van der Waals surface area contributed by atoms with Crippen molar-refractivity contribution in [3.63, 3.8) is 0 Å². The number of hydrogen-bond donors (Lipinski definition) is 1. The standard InChI is InChI=1S/C13H18FN3O2/c1-2-16-7-5-10(6-8-16)15-11-3-4-12(14)13(9-11)17(18)19/h3-4,9-10,15H,2,5-8H2,1H3. The summed E-state index contributed by atoms with van der Waals surface area (Å²) in [6, 6.07) is 4.25. The van der Waals surface area contributed by atoms with Crippen LogP contribution in [0.15, 0.2) is 18.2 Å². The number of benzene rings is 1. The number of nitrogens with zero attached hydrogens (tertiary/aromatic N) is 2. The smallest absolute Gasteiger partial charge is 0.306 e. The average molecular weight is 267 g/mol. The van der Waals surface area contributed by atoms with E-state index in [2.05, 4.69) is 17.1 Å². The van der Waals surface area contributed by atoms with Gasteiger partial charge in [0.05, 0.1) is 4.92 Å². The van der Waals surface area contributed by atoms with Gasteiger partial charge in [0, 0.05) is 30.9 Å². The van der Waals surface area contributed by atoms with Crippen LogP contribution in [0.3, 0.4) is 0 Å². The molecule has 1 aliphatic heterocycles. The molecule has 0 atom stereocenters. The molecule has 104 valence electrons. The van der Waals surface area contributed by atoms with Crippen LogP contribution >= 0.6 is 0 Å². The van der Waals surface area contributed by atoms with Crippen LogP contribution in [-0.4, -0.2) is 35.5 Å². The Bertz CT molecular complexity index is 459. The summed E-state index contributed by atoms with van der Waals surface area (Å²) in [6.07, 6.45) is 2.00. The number of halogens is 1. The normalized spacial score (nSPS) is 17.4. The van der Waals surface area contributed by atoms with Crippen LogP contribution in [0.1, 0.15) is 19.8 Å². The minimum absolute atomic E-state index is 0.299. The van der Waals surface area contributed by atoms with Gasteiger partial charge in [0.25, 0.3) is 0 Å². The SMILES string of the molecule is CCN1CCC(Nc2ccc(F)c([N+](=O)[O-])c2)CC1. The number of piperidine rings is 1. The molecule has 1 aromatic carbocycles. The fraction of sp³-hybridized carbons (Fsp3) is 0.538. The summed E-state index contributed by atoms with van der Waals surface area (Å²) in [5.74, 6) is -0.795. The molecule has 1 heterocycles. The van der Waals surface area contributed by atoms with Crippen molar-refractivity contribution in [3.05, 3.63) is 34.1 Å². The second kappa shape index (κ2) is 5.97. The van der Waals surface area contributed by atoms with Crippen molar-refractivity contribution in [2.45, 2.75) is 25.8 Å². The predicted octanol–water partition coefficient (Wildman–Crippen LogP) is 2.63. The van der Waals surface area contributed by atoms with Crippen LogP contribution in [0.25, 0.3) is 0 Å². The third kappa shape index (κ3) is 3.41. The van der Waals surface area contributed by atoms with Gasteiger partial charge >= 0.3 is 5.69 Å². The highest BCUT2D eigenvalue weighted by Gasteiger charge is 2.19. The first-order valence-corrected chi connectivity index (χ1v) is 6.53. The molecule has 1 N–H and O–H groups in total. The number of anilines is 1. The zero-order valence-corrected chi connectivity index (χ0v) is 10.9. The van der Waals surface area contributed by atoms with Crippen LogP contribution in [0.5, 0.6) is 0 Å². The highest BCUT2D eigenvalue weighted by atomic mass is 19.1. The zero-order valence-electron chi connectivity index (χ0n) is 10.9. The summed E-state index contributed by atoms with van der Waals surface area (Å²) in [7, 11) is 0. The maximum atomic E-state index is 13.2. The summed E-state index contributed by atoms with van der Waals surface area (Å²) in [6.45, 7) is 5.24. The number of nitro benzene ring substituents is 1. The summed E-state index contributed by atoms with van der Waals surface area (Å²) in [5, 5.41) is 13.9. The van der Waals surface area contributed by atoms with Crippen LogP contribution in [0.2, 0.25) is 0 Å². The van der Waals surface area contributed by atoms with Crippen molar-refractivity contribution >= 4 is 11.4 Å². The van der Waals surface area contributed by atoms with Crippen molar-refractivity contribution in [1.82, 2.24) is 4.90 Å². The fourth-order valence-corrected chi connectivity index (χ4v) is 2.37. The highest BCUT2D eigenvalue weighted by Crippen LogP contribution is 2.23. The Morgan fingerprint density at radius 3 is 2.74 bits per heavy atom. The molecule has 0 aromatic heterocycles. The largest absolute Gasteiger partial charge is 0.382 e. The fourth-order valence-electron chi connectivity index (χ4n) is 2.37. The molecule has 1 fully saturated rings. The lowest BCUT2D eigenvalue weighted by molar-refractivity contribution is -0.387. The number of rotatable bonds is 4. The van der Waals surface area contributed by atoms with Crippen molar-refractivity contribution in [2.24, 2.45) is 0 Å². The molecule has 0 saturated carbocycles. The summed E-state index contributed by atoms with van der Waals surface area (Å²) in [5.41, 5.74) is 0.138. The lowest BCUT2D eigenvalue weighted by atomic mass is 10.0. The van der Waals surface area contributed by atoms with Gasteiger partial charge in [-0.05, 0) is 31.5 Å². The molecule has 5 nitrogen and oxygen atoms in total. The molecular weight excluding hydrogens is 249 g/mol. The van der Waals surface area contributed by atoms with E-state index in [9.17, 15) is 14.5 Å². The number of nitrogens with one attached hydrogen (secondary N) is 1. The van der Waals surface area contributed by atoms with E-state index in [1.165, 1.54) is 6.07 Å². The van der Waals surface area contributed by atoms with E-state index >= 15 is 0 Å². The molecular formula is C13H18FN3O2. The molecule has 1 aromatic rings.